The van der Waals surface area contributed by atoms with Crippen LogP contribution >= 0.6 is 11.3 Å². The zero-order valence-electron chi connectivity index (χ0n) is 11.1. The molecule has 17 heavy (non-hydrogen) atoms. The van der Waals surface area contributed by atoms with Crippen molar-refractivity contribution in [2.24, 2.45) is 17.6 Å². The molecule has 0 bridgehead atoms. The van der Waals surface area contributed by atoms with Crippen LogP contribution in [0, 0.1) is 18.8 Å². The number of nitrogens with two attached hydrogens (primary N) is 1. The molecule has 3 unspecified atom stereocenters. The first kappa shape index (κ1) is 13.1. The highest BCUT2D eigenvalue weighted by molar-refractivity contribution is 7.12. The zero-order chi connectivity index (χ0) is 12.4. The average molecular weight is 252 g/mol. The molecule has 1 fully saturated rings. The van der Waals surface area contributed by atoms with Crippen molar-refractivity contribution < 1.29 is 0 Å². The van der Waals surface area contributed by atoms with Crippen LogP contribution in [0.5, 0.6) is 0 Å². The van der Waals surface area contributed by atoms with Crippen LogP contribution in [0.3, 0.4) is 0 Å². The monoisotopic (exact) mass is 252 g/mol. The number of hydrogen-bond donors (Lipinski definition) is 1. The van der Waals surface area contributed by atoms with Gasteiger partial charge in [-0.15, -0.1) is 11.3 Å². The summed E-state index contributed by atoms with van der Waals surface area (Å²) in [7, 11) is 0. The third-order valence-electron chi connectivity index (χ3n) is 4.17. The first-order valence-electron chi connectivity index (χ1n) is 6.62. The topological polar surface area (TPSA) is 29.3 Å². The Labute approximate surface area is 109 Å². The van der Waals surface area contributed by atoms with Gasteiger partial charge in [0.15, 0.2) is 0 Å². The molecule has 1 aromatic heterocycles. The zero-order valence-corrected chi connectivity index (χ0v) is 12.0. The van der Waals surface area contributed by atoms with E-state index < -0.39 is 0 Å². The van der Waals surface area contributed by atoms with Gasteiger partial charge in [-0.05, 0) is 57.3 Å². The van der Waals surface area contributed by atoms with Crippen molar-refractivity contribution in [2.45, 2.75) is 33.2 Å². The summed E-state index contributed by atoms with van der Waals surface area (Å²) in [6.07, 6.45) is 1.29. The van der Waals surface area contributed by atoms with Crippen LogP contribution in [0.25, 0.3) is 0 Å². The predicted molar refractivity (Wildman–Crippen MR) is 75.4 cm³/mol. The lowest BCUT2D eigenvalue weighted by Crippen LogP contribution is -2.43. The number of hydrogen-bond acceptors (Lipinski definition) is 3. The third kappa shape index (κ3) is 2.90. The molecule has 0 spiro atoms. The van der Waals surface area contributed by atoms with E-state index in [1.54, 1.807) is 0 Å². The van der Waals surface area contributed by atoms with Gasteiger partial charge in [-0.2, -0.15) is 0 Å². The molecule has 0 aliphatic carbocycles. The Kier molecular flexibility index (Phi) is 4.23. The summed E-state index contributed by atoms with van der Waals surface area (Å²) in [6.45, 7) is 10.1. The van der Waals surface area contributed by atoms with Crippen molar-refractivity contribution in [3.05, 3.63) is 21.9 Å². The van der Waals surface area contributed by atoms with Crippen molar-refractivity contribution >= 4 is 11.3 Å². The molecule has 2 N–H and O–H groups in total. The van der Waals surface area contributed by atoms with Crippen LogP contribution in [0.2, 0.25) is 0 Å². The van der Waals surface area contributed by atoms with Gasteiger partial charge >= 0.3 is 0 Å². The lowest BCUT2D eigenvalue weighted by atomic mass is 9.86. The second kappa shape index (κ2) is 5.51. The van der Waals surface area contributed by atoms with E-state index in [1.165, 1.54) is 22.7 Å². The fourth-order valence-corrected chi connectivity index (χ4v) is 3.66. The number of piperidine rings is 1. The molecule has 1 aliphatic heterocycles. The Morgan fingerprint density at radius 3 is 2.88 bits per heavy atom. The summed E-state index contributed by atoms with van der Waals surface area (Å²) >= 11 is 1.93. The highest BCUT2D eigenvalue weighted by Crippen LogP contribution is 2.32. The van der Waals surface area contributed by atoms with E-state index in [-0.39, 0.29) is 0 Å². The van der Waals surface area contributed by atoms with Crippen LogP contribution in [0.4, 0.5) is 0 Å². The smallest absolute Gasteiger partial charge is 0.0413 e. The van der Waals surface area contributed by atoms with E-state index in [1.807, 2.05) is 11.3 Å². The molecule has 0 radical (unpaired) electrons. The summed E-state index contributed by atoms with van der Waals surface area (Å²) < 4.78 is 0. The Morgan fingerprint density at radius 2 is 2.29 bits per heavy atom. The van der Waals surface area contributed by atoms with Gasteiger partial charge in [0.1, 0.15) is 0 Å². The Bertz CT molecular complexity index is 361. The van der Waals surface area contributed by atoms with Crippen LogP contribution in [-0.4, -0.2) is 24.5 Å². The molecule has 0 amide bonds. The van der Waals surface area contributed by atoms with Crippen molar-refractivity contribution in [3.63, 3.8) is 0 Å². The first-order valence-corrected chi connectivity index (χ1v) is 7.44. The maximum atomic E-state index is 5.87. The normalized spacial score (nSPS) is 28.2. The summed E-state index contributed by atoms with van der Waals surface area (Å²) in [5.41, 5.74) is 5.87. The summed E-state index contributed by atoms with van der Waals surface area (Å²) in [4.78, 5) is 5.50. The summed E-state index contributed by atoms with van der Waals surface area (Å²) in [6, 6.07) is 5.05. The molecule has 2 nitrogen and oxygen atoms in total. The van der Waals surface area contributed by atoms with Crippen LogP contribution < -0.4 is 5.73 Å². The minimum atomic E-state index is 0.551. The number of rotatable bonds is 3. The van der Waals surface area contributed by atoms with Gasteiger partial charge in [-0.25, -0.2) is 0 Å². The van der Waals surface area contributed by atoms with Crippen molar-refractivity contribution in [1.82, 2.24) is 4.90 Å². The molecule has 0 aromatic carbocycles. The standard InChI is InChI=1S/C14H24N2S/c1-10-6-7-16(9-13(10)8-15)12(3)14-5-4-11(2)17-14/h4-5,10,12-13H,6-9,15H2,1-3H3. The molecule has 1 saturated heterocycles. The lowest BCUT2D eigenvalue weighted by Gasteiger charge is -2.39. The van der Waals surface area contributed by atoms with Gasteiger partial charge in [0, 0.05) is 22.3 Å². The molecule has 1 aliphatic rings. The maximum Gasteiger partial charge on any atom is 0.0413 e. The Hall–Kier alpha value is -0.380. The number of nitrogens with zero attached hydrogens (tertiary/aromatic N) is 1. The second-order valence-corrected chi connectivity index (χ2v) is 6.70. The average Bonchev–Trinajstić information content (AvgIpc) is 2.75. The molecule has 3 atom stereocenters. The third-order valence-corrected chi connectivity index (χ3v) is 5.34. The quantitative estimate of drug-likeness (QED) is 0.896. The van der Waals surface area contributed by atoms with Crippen LogP contribution in [0.15, 0.2) is 12.1 Å². The highest BCUT2D eigenvalue weighted by atomic mass is 32.1. The first-order chi connectivity index (χ1) is 8.11. The van der Waals surface area contributed by atoms with Crippen molar-refractivity contribution in [2.75, 3.05) is 19.6 Å². The molecule has 2 heterocycles. The molecular weight excluding hydrogens is 228 g/mol. The second-order valence-electron chi connectivity index (χ2n) is 5.38. The summed E-state index contributed by atoms with van der Waals surface area (Å²) in [5.74, 6) is 1.46. The van der Waals surface area contributed by atoms with Crippen molar-refractivity contribution in [3.8, 4) is 0 Å². The van der Waals surface area contributed by atoms with Crippen LogP contribution in [-0.2, 0) is 0 Å². The van der Waals surface area contributed by atoms with Crippen molar-refractivity contribution in [1.29, 1.82) is 0 Å². The number of likely N-dealkylation sites (tertiary alicyclic amines) is 1. The fraction of sp³-hybridized carbons (Fsp3) is 0.714. The van der Waals surface area contributed by atoms with E-state index in [0.29, 0.717) is 12.0 Å². The molecule has 2 rings (SSSR count). The van der Waals surface area contributed by atoms with E-state index in [4.69, 9.17) is 5.73 Å². The van der Waals surface area contributed by atoms with Crippen LogP contribution in [0.1, 0.15) is 36.1 Å². The number of aryl methyl sites for hydroxylation is 1. The van der Waals surface area contributed by atoms with Gasteiger partial charge in [0.2, 0.25) is 0 Å². The number of thiophene rings is 1. The van der Waals surface area contributed by atoms with E-state index >= 15 is 0 Å². The minimum absolute atomic E-state index is 0.551. The molecule has 0 saturated carbocycles. The Balaban J connectivity index is 2.03. The largest absolute Gasteiger partial charge is 0.330 e. The van der Waals surface area contributed by atoms with E-state index in [2.05, 4.69) is 37.8 Å². The minimum Gasteiger partial charge on any atom is -0.330 e. The molecule has 3 heteroatoms. The fourth-order valence-electron chi connectivity index (χ4n) is 2.69. The summed E-state index contributed by atoms with van der Waals surface area (Å²) in [5, 5.41) is 0. The lowest BCUT2D eigenvalue weighted by molar-refractivity contribution is 0.0992. The molecule has 1 aromatic rings. The van der Waals surface area contributed by atoms with Gasteiger partial charge < -0.3 is 5.73 Å². The molecular formula is C14H24N2S. The van der Waals surface area contributed by atoms with E-state index in [0.717, 1.165) is 19.0 Å². The Morgan fingerprint density at radius 1 is 1.53 bits per heavy atom. The SMILES string of the molecule is Cc1ccc(C(C)N2CCC(C)C(CN)C2)s1. The van der Waals surface area contributed by atoms with Gasteiger partial charge in [0.05, 0.1) is 0 Å². The predicted octanol–water partition coefficient (Wildman–Crippen LogP) is 3.03. The molecule has 96 valence electrons. The van der Waals surface area contributed by atoms with Gasteiger partial charge in [-0.3, -0.25) is 4.90 Å². The highest BCUT2D eigenvalue weighted by Gasteiger charge is 2.28. The van der Waals surface area contributed by atoms with Gasteiger partial charge in [0.25, 0.3) is 0 Å². The maximum absolute atomic E-state index is 5.87. The van der Waals surface area contributed by atoms with E-state index in [9.17, 15) is 0 Å². The van der Waals surface area contributed by atoms with Gasteiger partial charge in [-0.1, -0.05) is 6.92 Å².